The van der Waals surface area contributed by atoms with Gasteiger partial charge in [0.2, 0.25) is 11.7 Å². The van der Waals surface area contributed by atoms with E-state index < -0.39 is 4.92 Å². The van der Waals surface area contributed by atoms with Gasteiger partial charge in [-0.2, -0.15) is 0 Å². The van der Waals surface area contributed by atoms with E-state index in [2.05, 4.69) is 4.98 Å². The van der Waals surface area contributed by atoms with Gasteiger partial charge < -0.3 is 19.6 Å². The second-order valence-electron chi connectivity index (χ2n) is 7.68. The van der Waals surface area contributed by atoms with E-state index in [1.165, 1.54) is 17.7 Å². The van der Waals surface area contributed by atoms with Crippen molar-refractivity contribution in [1.82, 2.24) is 19.0 Å². The van der Waals surface area contributed by atoms with Gasteiger partial charge in [0.25, 0.3) is 0 Å². The molecule has 0 bridgehead atoms. The summed E-state index contributed by atoms with van der Waals surface area (Å²) in [6.07, 6.45) is 6.86. The summed E-state index contributed by atoms with van der Waals surface area (Å²) in [5, 5.41) is 12.0. The standard InChI is InChI=1S/C22H23N5O4/c1-15(28)20(26-13-21(27(30)31)23-16(26)2)11-17-12-25(19-8-4-3-7-18(17)19)14-22(29)24-9-5-6-10-24/h3-4,7-8,11-13H,5-6,9-10,14H2,1-2H3/b20-11-. The summed E-state index contributed by atoms with van der Waals surface area (Å²) in [6, 6.07) is 7.67. The Labute approximate surface area is 178 Å². The molecule has 9 heteroatoms. The highest BCUT2D eigenvalue weighted by atomic mass is 16.6. The molecule has 9 nitrogen and oxygen atoms in total. The number of aromatic nitrogens is 3. The van der Waals surface area contributed by atoms with Gasteiger partial charge >= 0.3 is 5.82 Å². The molecule has 31 heavy (non-hydrogen) atoms. The minimum atomic E-state index is -0.586. The third-order valence-electron chi connectivity index (χ3n) is 5.55. The van der Waals surface area contributed by atoms with Crippen molar-refractivity contribution in [2.45, 2.75) is 33.2 Å². The smallest absolute Gasteiger partial charge is 0.358 e. The third-order valence-corrected chi connectivity index (χ3v) is 5.55. The molecule has 0 saturated carbocycles. The van der Waals surface area contributed by atoms with E-state index in [-0.39, 0.29) is 29.8 Å². The van der Waals surface area contributed by atoms with Crippen molar-refractivity contribution in [3.63, 3.8) is 0 Å². The highest BCUT2D eigenvalue weighted by molar-refractivity contribution is 6.19. The number of hydrogen-bond donors (Lipinski definition) is 0. The van der Waals surface area contributed by atoms with Gasteiger partial charge in [-0.15, -0.1) is 0 Å². The van der Waals surface area contributed by atoms with E-state index in [1.54, 1.807) is 13.0 Å². The number of fused-ring (bicyclic) bond motifs is 1. The van der Waals surface area contributed by atoms with E-state index in [0.29, 0.717) is 5.82 Å². The highest BCUT2D eigenvalue weighted by Crippen LogP contribution is 2.26. The van der Waals surface area contributed by atoms with Gasteiger partial charge in [-0.1, -0.05) is 18.2 Å². The van der Waals surface area contributed by atoms with Crippen molar-refractivity contribution in [1.29, 1.82) is 0 Å². The normalized spacial score (nSPS) is 14.4. The number of nitrogens with zero attached hydrogens (tertiary/aromatic N) is 5. The zero-order chi connectivity index (χ0) is 22.1. The first-order valence-electron chi connectivity index (χ1n) is 10.1. The lowest BCUT2D eigenvalue weighted by Gasteiger charge is -2.15. The summed E-state index contributed by atoms with van der Waals surface area (Å²) < 4.78 is 3.32. The zero-order valence-corrected chi connectivity index (χ0v) is 17.4. The Morgan fingerprint density at radius 1 is 1.19 bits per heavy atom. The Morgan fingerprint density at radius 2 is 1.90 bits per heavy atom. The number of allylic oxidation sites excluding steroid dienone is 1. The number of para-hydroxylation sites is 1. The van der Waals surface area contributed by atoms with Crippen LogP contribution in [0.15, 0.2) is 36.7 Å². The molecule has 0 unspecified atom stereocenters. The minimum absolute atomic E-state index is 0.0710. The first kappa shape index (κ1) is 20.5. The van der Waals surface area contributed by atoms with Gasteiger partial charge in [0, 0.05) is 49.6 Å². The summed E-state index contributed by atoms with van der Waals surface area (Å²) >= 11 is 0. The molecule has 0 spiro atoms. The monoisotopic (exact) mass is 421 g/mol. The lowest BCUT2D eigenvalue weighted by atomic mass is 10.1. The molecule has 1 aliphatic heterocycles. The van der Waals surface area contributed by atoms with E-state index in [0.717, 1.165) is 42.4 Å². The number of nitro groups is 1. The Hall–Kier alpha value is -3.75. The quantitative estimate of drug-likeness (QED) is 0.345. The second kappa shape index (κ2) is 8.17. The molecule has 1 fully saturated rings. The maximum absolute atomic E-state index is 12.7. The third kappa shape index (κ3) is 3.98. The van der Waals surface area contributed by atoms with Gasteiger partial charge in [0.15, 0.2) is 5.78 Å². The topological polar surface area (TPSA) is 103 Å². The lowest BCUT2D eigenvalue weighted by molar-refractivity contribution is -0.389. The summed E-state index contributed by atoms with van der Waals surface area (Å²) in [7, 11) is 0. The van der Waals surface area contributed by atoms with Crippen molar-refractivity contribution < 1.29 is 14.5 Å². The van der Waals surface area contributed by atoms with Crippen LogP contribution >= 0.6 is 0 Å². The van der Waals surface area contributed by atoms with Crippen LogP contribution in [0.5, 0.6) is 0 Å². The Bertz CT molecular complexity index is 1210. The van der Waals surface area contributed by atoms with Crippen molar-refractivity contribution in [2.75, 3.05) is 13.1 Å². The van der Waals surface area contributed by atoms with Gasteiger partial charge in [0.05, 0.1) is 5.70 Å². The predicted molar refractivity (Wildman–Crippen MR) is 116 cm³/mol. The molecular formula is C22H23N5O4. The van der Waals surface area contributed by atoms with E-state index in [4.69, 9.17) is 0 Å². The molecule has 0 N–H and O–H groups in total. The number of Topliss-reactive ketones (excluding diaryl/α,β-unsaturated/α-hetero) is 1. The molecule has 0 atom stereocenters. The number of carbonyl (C=O) groups excluding carboxylic acids is 2. The molecule has 3 aromatic rings. The molecule has 0 aliphatic carbocycles. The number of hydrogen-bond acceptors (Lipinski definition) is 5. The van der Waals surface area contributed by atoms with Crippen LogP contribution in [0.25, 0.3) is 22.7 Å². The largest absolute Gasteiger partial charge is 0.382 e. The Kier molecular flexibility index (Phi) is 5.41. The summed E-state index contributed by atoms with van der Waals surface area (Å²) in [5.41, 5.74) is 1.91. The number of imidazole rings is 1. The van der Waals surface area contributed by atoms with Crippen LogP contribution < -0.4 is 0 Å². The maximum Gasteiger partial charge on any atom is 0.382 e. The van der Waals surface area contributed by atoms with Crippen LogP contribution in [0.2, 0.25) is 0 Å². The highest BCUT2D eigenvalue weighted by Gasteiger charge is 2.22. The van der Waals surface area contributed by atoms with Gasteiger partial charge in [-0.25, -0.2) is 0 Å². The van der Waals surface area contributed by atoms with E-state index in [1.807, 2.05) is 39.9 Å². The van der Waals surface area contributed by atoms with Gasteiger partial charge in [-0.05, 0) is 34.9 Å². The van der Waals surface area contributed by atoms with Crippen LogP contribution in [0, 0.1) is 17.0 Å². The molecule has 1 aliphatic rings. The lowest BCUT2D eigenvalue weighted by Crippen LogP contribution is -2.30. The Morgan fingerprint density at radius 3 is 2.55 bits per heavy atom. The van der Waals surface area contributed by atoms with E-state index >= 15 is 0 Å². The minimum Gasteiger partial charge on any atom is -0.358 e. The number of benzene rings is 1. The van der Waals surface area contributed by atoms with Crippen LogP contribution in [-0.4, -0.2) is 48.7 Å². The zero-order valence-electron chi connectivity index (χ0n) is 17.4. The number of ketones is 1. The van der Waals surface area contributed by atoms with Crippen molar-refractivity contribution in [3.8, 4) is 0 Å². The van der Waals surface area contributed by atoms with Crippen LogP contribution in [0.3, 0.4) is 0 Å². The fourth-order valence-electron chi connectivity index (χ4n) is 4.01. The first-order valence-corrected chi connectivity index (χ1v) is 10.1. The maximum atomic E-state index is 12.7. The number of rotatable bonds is 6. The molecule has 3 heterocycles. The molecule has 1 saturated heterocycles. The molecule has 1 aromatic carbocycles. The molecule has 1 amide bonds. The van der Waals surface area contributed by atoms with Crippen LogP contribution in [0.4, 0.5) is 5.82 Å². The van der Waals surface area contributed by atoms with Gasteiger partial charge in [-0.3, -0.25) is 14.2 Å². The molecule has 0 radical (unpaired) electrons. The molecular weight excluding hydrogens is 398 g/mol. The average molecular weight is 421 g/mol. The number of aryl methyl sites for hydroxylation is 1. The fourth-order valence-corrected chi connectivity index (χ4v) is 4.01. The summed E-state index contributed by atoms with van der Waals surface area (Å²) in [5.74, 6) is -0.147. The first-order chi connectivity index (χ1) is 14.8. The number of likely N-dealkylation sites (tertiary alicyclic amines) is 1. The average Bonchev–Trinajstić information content (AvgIpc) is 3.46. The SMILES string of the molecule is CC(=O)/C(=C/c1cn(CC(=O)N2CCCC2)c2ccccc12)n1cc([N+](=O)[O-])nc1C. The molecule has 160 valence electrons. The van der Waals surface area contributed by atoms with E-state index in [9.17, 15) is 19.7 Å². The van der Waals surface area contributed by atoms with Crippen LogP contribution in [-0.2, 0) is 16.1 Å². The van der Waals surface area contributed by atoms with Gasteiger partial charge in [0.1, 0.15) is 12.7 Å². The second-order valence-corrected chi connectivity index (χ2v) is 7.68. The predicted octanol–water partition coefficient (Wildman–Crippen LogP) is 3.26. The van der Waals surface area contributed by atoms with Crippen molar-refractivity contribution in [2.24, 2.45) is 0 Å². The summed E-state index contributed by atoms with van der Waals surface area (Å²) in [4.78, 5) is 41.4. The number of carbonyl (C=O) groups is 2. The molecule has 2 aromatic heterocycles. The van der Waals surface area contributed by atoms with Crippen molar-refractivity contribution in [3.05, 3.63) is 58.2 Å². The Balaban J connectivity index is 1.77. The fraction of sp³-hybridized carbons (Fsp3) is 0.318. The van der Waals surface area contributed by atoms with Crippen LogP contribution in [0.1, 0.15) is 31.2 Å². The van der Waals surface area contributed by atoms with Crippen molar-refractivity contribution >= 4 is 40.2 Å². The molecule has 4 rings (SSSR count). The summed E-state index contributed by atoms with van der Waals surface area (Å²) in [6.45, 7) is 4.82. The number of amides is 1.